The third-order valence-corrected chi connectivity index (χ3v) is 2.87. The number of nitrogens with zero attached hydrogens (tertiary/aromatic N) is 1. The summed E-state index contributed by atoms with van der Waals surface area (Å²) in [5.74, 6) is 0. The lowest BCUT2D eigenvalue weighted by atomic mass is 9.90. The van der Waals surface area contributed by atoms with Gasteiger partial charge in [-0.05, 0) is 26.0 Å². The summed E-state index contributed by atoms with van der Waals surface area (Å²) in [6.07, 6.45) is -2.15. The van der Waals surface area contributed by atoms with Gasteiger partial charge in [0.2, 0.25) is 0 Å². The first-order valence-electron chi connectivity index (χ1n) is 6.12. The fourth-order valence-corrected chi connectivity index (χ4v) is 1.81. The van der Waals surface area contributed by atoms with Crippen molar-refractivity contribution in [1.29, 1.82) is 0 Å². The molecule has 0 saturated carbocycles. The third kappa shape index (κ3) is 4.47. The van der Waals surface area contributed by atoms with Crippen LogP contribution in [0.25, 0.3) is 0 Å². The quantitative estimate of drug-likeness (QED) is 0.869. The average Bonchev–Trinajstić information content (AvgIpc) is 2.27. The number of aliphatic hydroxyl groups is 1. The zero-order valence-corrected chi connectivity index (χ0v) is 11.3. The van der Waals surface area contributed by atoms with Crippen LogP contribution < -0.4 is 5.32 Å². The van der Waals surface area contributed by atoms with E-state index in [2.05, 4.69) is 10.3 Å². The van der Waals surface area contributed by atoms with E-state index in [0.717, 1.165) is 18.5 Å². The average molecular weight is 276 g/mol. The lowest BCUT2D eigenvalue weighted by Gasteiger charge is -2.27. The van der Waals surface area contributed by atoms with Gasteiger partial charge in [0.1, 0.15) is 0 Å². The van der Waals surface area contributed by atoms with Gasteiger partial charge >= 0.3 is 6.18 Å². The molecule has 0 radical (unpaired) electrons. The highest BCUT2D eigenvalue weighted by Gasteiger charge is 2.38. The van der Waals surface area contributed by atoms with Gasteiger partial charge in [0.25, 0.3) is 0 Å². The summed E-state index contributed by atoms with van der Waals surface area (Å²) in [6, 6.07) is 1.10. The Kier molecular flexibility index (Phi) is 4.92. The van der Waals surface area contributed by atoms with Gasteiger partial charge < -0.3 is 10.4 Å². The number of hydrogen-bond acceptors (Lipinski definition) is 3. The van der Waals surface area contributed by atoms with E-state index in [-0.39, 0.29) is 18.0 Å². The molecule has 0 aliphatic carbocycles. The van der Waals surface area contributed by atoms with Crippen LogP contribution in [0.1, 0.15) is 38.3 Å². The Balaban J connectivity index is 2.94. The largest absolute Gasteiger partial charge is 0.416 e. The van der Waals surface area contributed by atoms with E-state index in [0.29, 0.717) is 6.54 Å². The van der Waals surface area contributed by atoms with Crippen LogP contribution in [-0.4, -0.2) is 22.7 Å². The highest BCUT2D eigenvalue weighted by Crippen LogP contribution is 2.37. The number of rotatable bonds is 5. The van der Waals surface area contributed by atoms with Crippen molar-refractivity contribution in [2.75, 3.05) is 6.54 Å². The molecule has 0 amide bonds. The topological polar surface area (TPSA) is 45.1 Å². The van der Waals surface area contributed by atoms with Crippen LogP contribution in [0.4, 0.5) is 13.2 Å². The van der Waals surface area contributed by atoms with Crippen molar-refractivity contribution in [2.24, 2.45) is 0 Å². The van der Waals surface area contributed by atoms with Crippen LogP contribution in [0.2, 0.25) is 0 Å². The minimum absolute atomic E-state index is 0.181. The molecule has 1 aromatic rings. The van der Waals surface area contributed by atoms with Gasteiger partial charge in [0.05, 0.1) is 11.2 Å². The monoisotopic (exact) mass is 276 g/mol. The van der Waals surface area contributed by atoms with Crippen molar-refractivity contribution in [3.8, 4) is 0 Å². The van der Waals surface area contributed by atoms with E-state index >= 15 is 0 Å². The molecule has 0 saturated heterocycles. The molecule has 1 rings (SSSR count). The molecule has 0 bridgehead atoms. The van der Waals surface area contributed by atoms with E-state index in [1.54, 1.807) is 0 Å². The van der Waals surface area contributed by atoms with Crippen LogP contribution in [0.5, 0.6) is 0 Å². The molecule has 3 nitrogen and oxygen atoms in total. The highest BCUT2D eigenvalue weighted by molar-refractivity contribution is 5.31. The van der Waals surface area contributed by atoms with Gasteiger partial charge in [-0.2, -0.15) is 13.2 Å². The molecule has 1 aromatic heterocycles. The molecule has 0 spiro atoms. The van der Waals surface area contributed by atoms with E-state index in [1.165, 1.54) is 6.92 Å². The molecular formula is C13H19F3N2O. The molecule has 1 unspecified atom stereocenters. The smallest absolute Gasteiger partial charge is 0.385 e. The number of nitrogens with one attached hydrogen (secondary N) is 1. The molecule has 19 heavy (non-hydrogen) atoms. The van der Waals surface area contributed by atoms with Crippen LogP contribution in [0, 0.1) is 0 Å². The van der Waals surface area contributed by atoms with Crippen LogP contribution >= 0.6 is 0 Å². The number of halogens is 3. The van der Waals surface area contributed by atoms with Crippen molar-refractivity contribution in [3.05, 3.63) is 29.6 Å². The maximum Gasteiger partial charge on any atom is 0.416 e. The molecule has 0 fully saturated rings. The molecular weight excluding hydrogens is 257 g/mol. The lowest BCUT2D eigenvalue weighted by Crippen LogP contribution is -2.32. The number of aromatic nitrogens is 1. The molecule has 0 aromatic carbocycles. The molecule has 6 heteroatoms. The predicted molar refractivity (Wildman–Crippen MR) is 66.6 cm³/mol. The van der Waals surface area contributed by atoms with Crippen LogP contribution in [-0.2, 0) is 11.8 Å². The van der Waals surface area contributed by atoms with Crippen LogP contribution in [0.15, 0.2) is 18.5 Å². The van der Waals surface area contributed by atoms with Gasteiger partial charge in [-0.15, -0.1) is 0 Å². The molecule has 1 atom stereocenters. The second kappa shape index (κ2) is 5.88. The summed E-state index contributed by atoms with van der Waals surface area (Å²) >= 11 is 0. The predicted octanol–water partition coefficient (Wildman–Crippen LogP) is 2.70. The summed E-state index contributed by atoms with van der Waals surface area (Å²) in [5, 5.41) is 13.3. The van der Waals surface area contributed by atoms with Crippen LogP contribution in [0.3, 0.4) is 0 Å². The zero-order valence-electron chi connectivity index (χ0n) is 11.3. The molecule has 2 N–H and O–H groups in total. The Morgan fingerprint density at radius 2 is 1.95 bits per heavy atom. The van der Waals surface area contributed by atoms with E-state index in [4.69, 9.17) is 0 Å². The first kappa shape index (κ1) is 15.9. The molecule has 108 valence electrons. The van der Waals surface area contributed by atoms with Crippen molar-refractivity contribution in [3.63, 3.8) is 0 Å². The minimum Gasteiger partial charge on any atom is -0.385 e. The summed E-state index contributed by atoms with van der Waals surface area (Å²) in [7, 11) is 0. The van der Waals surface area contributed by atoms with Gasteiger partial charge in [0, 0.05) is 24.0 Å². The Hall–Kier alpha value is -1.14. The first-order chi connectivity index (χ1) is 8.64. The Morgan fingerprint density at radius 3 is 2.47 bits per heavy atom. The van der Waals surface area contributed by atoms with Gasteiger partial charge in [-0.1, -0.05) is 13.8 Å². The Morgan fingerprint density at radius 1 is 1.32 bits per heavy atom. The molecule has 1 heterocycles. The van der Waals surface area contributed by atoms with Gasteiger partial charge in [-0.3, -0.25) is 4.98 Å². The first-order valence-corrected chi connectivity index (χ1v) is 6.12. The van der Waals surface area contributed by atoms with Crippen molar-refractivity contribution >= 4 is 0 Å². The second-order valence-corrected chi connectivity index (χ2v) is 5.05. The fraction of sp³-hybridized carbons (Fsp3) is 0.615. The van der Waals surface area contributed by atoms with E-state index in [9.17, 15) is 18.3 Å². The summed E-state index contributed by atoms with van der Waals surface area (Å²) in [6.45, 7) is 5.66. The number of alkyl halides is 3. The molecule has 0 aliphatic heterocycles. The Bertz CT molecular complexity index is 417. The fourth-order valence-electron chi connectivity index (χ4n) is 1.81. The standard InChI is InChI=1S/C13H19F3N2O/c1-9(2)18-7-5-12(3,19)11-8-17-6-4-10(11)13(14,15)16/h4,6,8-9,18-19H,5,7H2,1-3H3. The highest BCUT2D eigenvalue weighted by atomic mass is 19.4. The summed E-state index contributed by atoms with van der Waals surface area (Å²) < 4.78 is 38.6. The van der Waals surface area contributed by atoms with E-state index in [1.807, 2.05) is 13.8 Å². The number of pyridine rings is 1. The maximum atomic E-state index is 12.9. The molecule has 0 aliphatic rings. The zero-order chi connectivity index (χ0) is 14.7. The minimum atomic E-state index is -4.49. The maximum absolute atomic E-state index is 12.9. The van der Waals surface area contributed by atoms with Crippen molar-refractivity contribution in [2.45, 2.75) is 45.0 Å². The van der Waals surface area contributed by atoms with Gasteiger partial charge in [0.15, 0.2) is 0 Å². The SMILES string of the molecule is CC(C)NCCC(C)(O)c1cnccc1C(F)(F)F. The summed E-state index contributed by atoms with van der Waals surface area (Å²) in [4.78, 5) is 3.69. The number of hydrogen-bond donors (Lipinski definition) is 2. The second-order valence-electron chi connectivity index (χ2n) is 5.05. The summed E-state index contributed by atoms with van der Waals surface area (Å²) in [5.41, 5.74) is -2.59. The lowest BCUT2D eigenvalue weighted by molar-refractivity contribution is -0.140. The normalized spacial score (nSPS) is 15.6. The Labute approximate surface area is 110 Å². The van der Waals surface area contributed by atoms with Crippen molar-refractivity contribution < 1.29 is 18.3 Å². The third-order valence-electron chi connectivity index (χ3n) is 2.87. The van der Waals surface area contributed by atoms with Gasteiger partial charge in [-0.25, -0.2) is 0 Å². The van der Waals surface area contributed by atoms with Crippen molar-refractivity contribution in [1.82, 2.24) is 10.3 Å². The van der Waals surface area contributed by atoms with E-state index < -0.39 is 17.3 Å².